The Morgan fingerprint density at radius 1 is 1.50 bits per heavy atom. The topological polar surface area (TPSA) is 78.0 Å². The fraction of sp³-hybridized carbons (Fsp3) is 0.364. The van der Waals surface area contributed by atoms with Crippen molar-refractivity contribution in [3.8, 4) is 0 Å². The van der Waals surface area contributed by atoms with Crippen molar-refractivity contribution in [1.82, 2.24) is 9.55 Å². The van der Waals surface area contributed by atoms with Crippen molar-refractivity contribution in [2.75, 3.05) is 17.7 Å². The van der Waals surface area contributed by atoms with Crippen molar-refractivity contribution < 1.29 is 8.42 Å². The molecule has 98 valence electrons. The number of halogens is 1. The molecule has 1 aromatic heterocycles. The third-order valence-electron chi connectivity index (χ3n) is 2.66. The standard InChI is InChI=1S/C11H14BrN3O2S/c1-7(6-18(2,16)17)15-10-5-8(12)3-4-9(10)14-11(15)13/h3-5,7H,6H2,1-2H3,(H2,13,14). The molecule has 0 radical (unpaired) electrons. The number of rotatable bonds is 3. The summed E-state index contributed by atoms with van der Waals surface area (Å²) < 4.78 is 25.4. The molecule has 0 aliphatic carbocycles. The molecule has 18 heavy (non-hydrogen) atoms. The molecule has 5 nitrogen and oxygen atoms in total. The lowest BCUT2D eigenvalue weighted by Crippen LogP contribution is -2.18. The van der Waals surface area contributed by atoms with Crippen molar-refractivity contribution in [3.05, 3.63) is 22.7 Å². The number of anilines is 1. The van der Waals surface area contributed by atoms with Gasteiger partial charge in [0.25, 0.3) is 0 Å². The molecule has 0 spiro atoms. The van der Waals surface area contributed by atoms with E-state index in [1.54, 1.807) is 4.57 Å². The van der Waals surface area contributed by atoms with E-state index >= 15 is 0 Å². The molecule has 0 saturated heterocycles. The van der Waals surface area contributed by atoms with E-state index < -0.39 is 9.84 Å². The van der Waals surface area contributed by atoms with E-state index in [0.717, 1.165) is 15.5 Å². The molecule has 0 amide bonds. The van der Waals surface area contributed by atoms with Crippen LogP contribution in [0.15, 0.2) is 22.7 Å². The first-order valence-electron chi connectivity index (χ1n) is 5.38. The van der Waals surface area contributed by atoms with E-state index in [0.29, 0.717) is 5.95 Å². The number of nitrogen functional groups attached to an aromatic ring is 1. The second-order valence-electron chi connectivity index (χ2n) is 4.41. The predicted molar refractivity (Wildman–Crippen MR) is 76.3 cm³/mol. The van der Waals surface area contributed by atoms with Gasteiger partial charge in [-0.2, -0.15) is 0 Å². The summed E-state index contributed by atoms with van der Waals surface area (Å²) in [4.78, 5) is 4.23. The summed E-state index contributed by atoms with van der Waals surface area (Å²) in [5, 5.41) is 0. The van der Waals surface area contributed by atoms with Gasteiger partial charge in [0.15, 0.2) is 0 Å². The van der Waals surface area contributed by atoms with Crippen LogP contribution in [0.25, 0.3) is 11.0 Å². The van der Waals surface area contributed by atoms with Crippen molar-refractivity contribution in [2.45, 2.75) is 13.0 Å². The van der Waals surface area contributed by atoms with Crippen LogP contribution in [0.3, 0.4) is 0 Å². The number of sulfone groups is 1. The molecule has 0 bridgehead atoms. The van der Waals surface area contributed by atoms with Gasteiger partial charge in [-0.1, -0.05) is 15.9 Å². The second kappa shape index (κ2) is 4.55. The van der Waals surface area contributed by atoms with Crippen LogP contribution >= 0.6 is 15.9 Å². The Hall–Kier alpha value is -1.08. The number of nitrogens with zero attached hydrogens (tertiary/aromatic N) is 2. The number of imidazole rings is 1. The number of benzene rings is 1. The Morgan fingerprint density at radius 3 is 2.78 bits per heavy atom. The van der Waals surface area contributed by atoms with Gasteiger partial charge in [-0.05, 0) is 25.1 Å². The van der Waals surface area contributed by atoms with Crippen molar-refractivity contribution in [1.29, 1.82) is 0 Å². The molecule has 2 N–H and O–H groups in total. The number of hydrogen-bond acceptors (Lipinski definition) is 4. The van der Waals surface area contributed by atoms with Crippen molar-refractivity contribution >= 4 is 42.7 Å². The Morgan fingerprint density at radius 2 is 2.17 bits per heavy atom. The normalized spacial score (nSPS) is 13.9. The Kier molecular flexibility index (Phi) is 3.37. The van der Waals surface area contributed by atoms with Gasteiger partial charge in [0.1, 0.15) is 9.84 Å². The van der Waals surface area contributed by atoms with Gasteiger partial charge in [-0.25, -0.2) is 13.4 Å². The van der Waals surface area contributed by atoms with Crippen LogP contribution in [-0.4, -0.2) is 30.0 Å². The minimum absolute atomic E-state index is 0.0369. The number of aromatic nitrogens is 2. The van der Waals surface area contributed by atoms with Crippen LogP contribution in [0, 0.1) is 0 Å². The van der Waals surface area contributed by atoms with Gasteiger partial charge >= 0.3 is 0 Å². The zero-order chi connectivity index (χ0) is 13.5. The summed E-state index contributed by atoms with van der Waals surface area (Å²) >= 11 is 3.39. The summed E-state index contributed by atoms with van der Waals surface area (Å²) in [5.74, 6) is 0.370. The van der Waals surface area contributed by atoms with Gasteiger partial charge in [0.05, 0.1) is 16.8 Å². The third kappa shape index (κ3) is 2.67. The monoisotopic (exact) mass is 331 g/mol. The molecule has 1 atom stereocenters. The average Bonchev–Trinajstić information content (AvgIpc) is 2.50. The molecular weight excluding hydrogens is 318 g/mol. The van der Waals surface area contributed by atoms with Gasteiger partial charge in [0, 0.05) is 16.8 Å². The summed E-state index contributed by atoms with van der Waals surface area (Å²) in [6, 6.07) is 5.36. The Labute approximate surface area is 114 Å². The summed E-state index contributed by atoms with van der Waals surface area (Å²) in [5.41, 5.74) is 7.46. The maximum Gasteiger partial charge on any atom is 0.201 e. The highest BCUT2D eigenvalue weighted by atomic mass is 79.9. The highest BCUT2D eigenvalue weighted by Crippen LogP contribution is 2.26. The first-order chi connectivity index (χ1) is 8.28. The molecule has 2 aromatic rings. The van der Waals surface area contributed by atoms with Gasteiger partial charge in [0.2, 0.25) is 5.95 Å². The Bertz CT molecular complexity index is 694. The number of hydrogen-bond donors (Lipinski definition) is 1. The van der Waals surface area contributed by atoms with Crippen LogP contribution in [0.5, 0.6) is 0 Å². The minimum atomic E-state index is -3.06. The largest absolute Gasteiger partial charge is 0.369 e. The quantitative estimate of drug-likeness (QED) is 0.932. The lowest BCUT2D eigenvalue weighted by atomic mass is 10.3. The van der Waals surface area contributed by atoms with Crippen LogP contribution in [0.1, 0.15) is 13.0 Å². The zero-order valence-electron chi connectivity index (χ0n) is 10.1. The highest BCUT2D eigenvalue weighted by molar-refractivity contribution is 9.10. The first kappa shape index (κ1) is 13.4. The van der Waals surface area contributed by atoms with E-state index in [1.807, 2.05) is 25.1 Å². The fourth-order valence-electron chi connectivity index (χ4n) is 2.06. The van der Waals surface area contributed by atoms with Gasteiger partial charge in [-0.15, -0.1) is 0 Å². The number of fused-ring (bicyclic) bond motifs is 1. The van der Waals surface area contributed by atoms with Crippen LogP contribution in [0.2, 0.25) is 0 Å². The molecule has 7 heteroatoms. The van der Waals surface area contributed by atoms with Crippen LogP contribution < -0.4 is 5.73 Å². The maximum atomic E-state index is 11.4. The molecule has 2 rings (SSSR count). The molecule has 0 aliphatic rings. The molecule has 0 aliphatic heterocycles. The fourth-order valence-corrected chi connectivity index (χ4v) is 3.44. The highest BCUT2D eigenvalue weighted by Gasteiger charge is 2.18. The smallest absolute Gasteiger partial charge is 0.201 e. The zero-order valence-corrected chi connectivity index (χ0v) is 12.5. The number of nitrogens with two attached hydrogens (primary N) is 1. The molecule has 0 fully saturated rings. The van der Waals surface area contributed by atoms with Crippen molar-refractivity contribution in [2.24, 2.45) is 0 Å². The molecular formula is C11H14BrN3O2S. The molecule has 1 heterocycles. The minimum Gasteiger partial charge on any atom is -0.369 e. The van der Waals surface area contributed by atoms with Crippen LogP contribution in [0.4, 0.5) is 5.95 Å². The SMILES string of the molecule is CC(CS(C)(=O)=O)n1c(N)nc2ccc(Br)cc21. The van der Waals surface area contributed by atoms with E-state index in [1.165, 1.54) is 6.26 Å². The van der Waals surface area contributed by atoms with Gasteiger partial charge < -0.3 is 10.3 Å². The lowest BCUT2D eigenvalue weighted by molar-refractivity contribution is 0.571. The van der Waals surface area contributed by atoms with E-state index in [4.69, 9.17) is 5.73 Å². The van der Waals surface area contributed by atoms with Gasteiger partial charge in [-0.3, -0.25) is 0 Å². The molecule has 0 saturated carbocycles. The second-order valence-corrected chi connectivity index (χ2v) is 7.51. The molecule has 1 aromatic carbocycles. The lowest BCUT2D eigenvalue weighted by Gasteiger charge is -2.14. The summed E-state index contributed by atoms with van der Waals surface area (Å²) in [7, 11) is -3.06. The maximum absolute atomic E-state index is 11.4. The third-order valence-corrected chi connectivity index (χ3v) is 4.24. The summed E-state index contributed by atoms with van der Waals surface area (Å²) in [6.45, 7) is 1.82. The van der Waals surface area contributed by atoms with E-state index in [-0.39, 0.29) is 11.8 Å². The summed E-state index contributed by atoms with van der Waals surface area (Å²) in [6.07, 6.45) is 1.22. The predicted octanol–water partition coefficient (Wildman–Crippen LogP) is 1.99. The van der Waals surface area contributed by atoms with E-state index in [2.05, 4.69) is 20.9 Å². The van der Waals surface area contributed by atoms with E-state index in [9.17, 15) is 8.42 Å². The first-order valence-corrected chi connectivity index (χ1v) is 8.24. The average molecular weight is 332 g/mol. The van der Waals surface area contributed by atoms with Crippen molar-refractivity contribution in [3.63, 3.8) is 0 Å². The van der Waals surface area contributed by atoms with Crippen LogP contribution in [-0.2, 0) is 9.84 Å². The molecule has 1 unspecified atom stereocenters. The Balaban J connectivity index is 2.56.